The van der Waals surface area contributed by atoms with E-state index >= 15 is 0 Å². The molecule has 19 heavy (non-hydrogen) atoms. The summed E-state index contributed by atoms with van der Waals surface area (Å²) in [5.74, 6) is 0.587. The van der Waals surface area contributed by atoms with E-state index in [-0.39, 0.29) is 11.9 Å². The molecule has 1 aromatic rings. The summed E-state index contributed by atoms with van der Waals surface area (Å²) < 4.78 is 5.71. The average molecular weight is 264 g/mol. The van der Waals surface area contributed by atoms with E-state index in [4.69, 9.17) is 10.5 Å². The first-order valence-electron chi connectivity index (χ1n) is 6.85. The Hall–Kier alpha value is -1.55. The predicted octanol–water partition coefficient (Wildman–Crippen LogP) is 2.39. The predicted molar refractivity (Wildman–Crippen MR) is 77.1 cm³/mol. The molecule has 0 aromatic heterocycles. The summed E-state index contributed by atoms with van der Waals surface area (Å²) in [4.78, 5) is 11.8. The van der Waals surface area contributed by atoms with Gasteiger partial charge in [0, 0.05) is 18.2 Å². The third-order valence-electron chi connectivity index (χ3n) is 2.91. The number of unbranched alkanes of at least 4 members (excludes halogenated alkanes) is 1. The van der Waals surface area contributed by atoms with Gasteiger partial charge in [-0.2, -0.15) is 0 Å². The number of nitrogens with two attached hydrogens (primary N) is 1. The van der Waals surface area contributed by atoms with Crippen molar-refractivity contribution in [2.24, 2.45) is 5.73 Å². The molecule has 4 nitrogen and oxygen atoms in total. The number of hydrogen-bond acceptors (Lipinski definition) is 3. The minimum absolute atomic E-state index is 0.0899. The van der Waals surface area contributed by atoms with Crippen LogP contribution in [0.4, 0.5) is 0 Å². The van der Waals surface area contributed by atoms with E-state index < -0.39 is 6.10 Å². The molecule has 1 rings (SSSR count). The van der Waals surface area contributed by atoms with Gasteiger partial charge in [0.05, 0.1) is 0 Å². The molecule has 0 bridgehead atoms. The lowest BCUT2D eigenvalue weighted by atomic mass is 10.1. The maximum Gasteiger partial charge on any atom is 0.260 e. The second kappa shape index (κ2) is 7.79. The van der Waals surface area contributed by atoms with Crippen LogP contribution in [0.25, 0.3) is 0 Å². The van der Waals surface area contributed by atoms with Crippen LogP contribution in [0.2, 0.25) is 0 Å². The molecule has 0 saturated heterocycles. The van der Waals surface area contributed by atoms with Crippen molar-refractivity contribution in [2.75, 3.05) is 6.54 Å². The Balaban J connectivity index is 2.61. The molecule has 1 unspecified atom stereocenters. The van der Waals surface area contributed by atoms with Crippen molar-refractivity contribution in [3.63, 3.8) is 0 Å². The van der Waals surface area contributed by atoms with Gasteiger partial charge in [0.1, 0.15) is 5.75 Å². The summed E-state index contributed by atoms with van der Waals surface area (Å²) >= 11 is 0. The van der Waals surface area contributed by atoms with E-state index in [0.717, 1.165) is 18.4 Å². The molecule has 4 heteroatoms. The van der Waals surface area contributed by atoms with Gasteiger partial charge < -0.3 is 15.8 Å². The first-order valence-corrected chi connectivity index (χ1v) is 6.85. The largest absolute Gasteiger partial charge is 0.481 e. The molecule has 3 N–H and O–H groups in total. The van der Waals surface area contributed by atoms with E-state index in [0.29, 0.717) is 12.3 Å². The second-order valence-corrected chi connectivity index (χ2v) is 4.73. The summed E-state index contributed by atoms with van der Waals surface area (Å²) in [5, 5.41) is 2.86. The Morgan fingerprint density at radius 1 is 1.37 bits per heavy atom. The van der Waals surface area contributed by atoms with Crippen LogP contribution in [0, 0.1) is 0 Å². The van der Waals surface area contributed by atoms with Crippen molar-refractivity contribution in [2.45, 2.75) is 45.8 Å². The molecule has 2 atom stereocenters. The van der Waals surface area contributed by atoms with Gasteiger partial charge in [-0.15, -0.1) is 0 Å². The van der Waals surface area contributed by atoms with Crippen LogP contribution in [-0.4, -0.2) is 18.6 Å². The molecule has 0 aliphatic carbocycles. The fourth-order valence-electron chi connectivity index (χ4n) is 1.74. The molecule has 0 heterocycles. The summed E-state index contributed by atoms with van der Waals surface area (Å²) in [6.45, 7) is 6.43. The first-order chi connectivity index (χ1) is 9.06. The first kappa shape index (κ1) is 15.5. The van der Waals surface area contributed by atoms with Crippen molar-refractivity contribution < 1.29 is 9.53 Å². The van der Waals surface area contributed by atoms with Gasteiger partial charge in [0.25, 0.3) is 5.91 Å². The van der Waals surface area contributed by atoms with Crippen molar-refractivity contribution in [3.8, 4) is 5.75 Å². The molecule has 1 aromatic carbocycles. The highest BCUT2D eigenvalue weighted by atomic mass is 16.5. The standard InChI is InChI=1S/C15H24N2O2/c1-4-5-10-17-15(18)12(3)19-14-9-7-6-8-13(14)11(2)16/h6-9,11-12H,4-5,10,16H2,1-3H3,(H,17,18)/t11-,12?/m1/s1. The molecule has 106 valence electrons. The lowest BCUT2D eigenvalue weighted by Crippen LogP contribution is -2.37. The van der Waals surface area contributed by atoms with Gasteiger partial charge in [-0.25, -0.2) is 0 Å². The van der Waals surface area contributed by atoms with Crippen molar-refractivity contribution in [3.05, 3.63) is 29.8 Å². The smallest absolute Gasteiger partial charge is 0.260 e. The summed E-state index contributed by atoms with van der Waals surface area (Å²) in [6, 6.07) is 7.43. The Labute approximate surface area is 115 Å². The van der Waals surface area contributed by atoms with Crippen LogP contribution in [-0.2, 0) is 4.79 Å². The third-order valence-corrected chi connectivity index (χ3v) is 2.91. The molecule has 0 fully saturated rings. The van der Waals surface area contributed by atoms with Gasteiger partial charge in [0.2, 0.25) is 0 Å². The molecular formula is C15H24N2O2. The zero-order chi connectivity index (χ0) is 14.3. The summed E-state index contributed by atoms with van der Waals surface area (Å²) in [6.07, 6.45) is 1.52. The number of carbonyl (C=O) groups excluding carboxylic acids is 1. The zero-order valence-corrected chi connectivity index (χ0v) is 12.0. The molecule has 0 saturated carbocycles. The SMILES string of the molecule is CCCCNC(=O)C(C)Oc1ccccc1[C@@H](C)N. The Morgan fingerprint density at radius 2 is 2.05 bits per heavy atom. The van der Waals surface area contributed by atoms with Crippen molar-refractivity contribution >= 4 is 5.91 Å². The highest BCUT2D eigenvalue weighted by Crippen LogP contribution is 2.24. The lowest BCUT2D eigenvalue weighted by molar-refractivity contribution is -0.127. The molecular weight excluding hydrogens is 240 g/mol. The van der Waals surface area contributed by atoms with Gasteiger partial charge in [-0.3, -0.25) is 4.79 Å². The van der Waals surface area contributed by atoms with Crippen LogP contribution >= 0.6 is 0 Å². The maximum atomic E-state index is 11.8. The van der Waals surface area contributed by atoms with Crippen molar-refractivity contribution in [1.82, 2.24) is 5.32 Å². The van der Waals surface area contributed by atoms with Crippen molar-refractivity contribution in [1.29, 1.82) is 0 Å². The number of hydrogen-bond donors (Lipinski definition) is 2. The quantitative estimate of drug-likeness (QED) is 0.743. The van der Waals surface area contributed by atoms with E-state index in [2.05, 4.69) is 12.2 Å². The summed E-state index contributed by atoms with van der Waals surface area (Å²) in [7, 11) is 0. The lowest BCUT2D eigenvalue weighted by Gasteiger charge is -2.18. The Morgan fingerprint density at radius 3 is 2.68 bits per heavy atom. The topological polar surface area (TPSA) is 64.3 Å². The monoisotopic (exact) mass is 264 g/mol. The number of benzene rings is 1. The number of rotatable bonds is 7. The van der Waals surface area contributed by atoms with Crippen LogP contribution in [0.1, 0.15) is 45.2 Å². The van der Waals surface area contributed by atoms with E-state index in [1.165, 1.54) is 0 Å². The highest BCUT2D eigenvalue weighted by molar-refractivity contribution is 5.80. The molecule has 0 radical (unpaired) electrons. The minimum Gasteiger partial charge on any atom is -0.481 e. The highest BCUT2D eigenvalue weighted by Gasteiger charge is 2.16. The normalized spacial score (nSPS) is 13.7. The zero-order valence-electron chi connectivity index (χ0n) is 12.0. The maximum absolute atomic E-state index is 11.8. The number of para-hydroxylation sites is 1. The van der Waals surface area contributed by atoms with E-state index in [9.17, 15) is 4.79 Å². The molecule has 1 amide bonds. The second-order valence-electron chi connectivity index (χ2n) is 4.73. The fraction of sp³-hybridized carbons (Fsp3) is 0.533. The van der Waals surface area contributed by atoms with Crippen LogP contribution in [0.15, 0.2) is 24.3 Å². The number of amides is 1. The molecule has 0 aliphatic heterocycles. The van der Waals surface area contributed by atoms with E-state index in [1.807, 2.05) is 31.2 Å². The fourth-order valence-corrected chi connectivity index (χ4v) is 1.74. The number of nitrogens with one attached hydrogen (secondary N) is 1. The Bertz CT molecular complexity index is 405. The average Bonchev–Trinajstić information content (AvgIpc) is 2.39. The minimum atomic E-state index is -0.517. The van der Waals surface area contributed by atoms with Crippen LogP contribution in [0.3, 0.4) is 0 Å². The Kier molecular flexibility index (Phi) is 6.36. The number of ether oxygens (including phenoxy) is 1. The van der Waals surface area contributed by atoms with E-state index in [1.54, 1.807) is 6.92 Å². The molecule has 0 spiro atoms. The van der Waals surface area contributed by atoms with Gasteiger partial charge in [-0.1, -0.05) is 31.5 Å². The van der Waals surface area contributed by atoms with Gasteiger partial charge >= 0.3 is 0 Å². The van der Waals surface area contributed by atoms with Gasteiger partial charge in [-0.05, 0) is 26.3 Å². The van der Waals surface area contributed by atoms with Crippen LogP contribution in [0.5, 0.6) is 5.75 Å². The molecule has 0 aliphatic rings. The third kappa shape index (κ3) is 4.91. The number of carbonyl (C=O) groups is 1. The van der Waals surface area contributed by atoms with Crippen LogP contribution < -0.4 is 15.8 Å². The summed E-state index contributed by atoms with van der Waals surface area (Å²) in [5.41, 5.74) is 6.80. The van der Waals surface area contributed by atoms with Gasteiger partial charge in [0.15, 0.2) is 6.10 Å².